The lowest BCUT2D eigenvalue weighted by atomic mass is 9.98. The number of nitrogens with zero attached hydrogens (tertiary/aromatic N) is 2. The molecule has 3 rings (SSSR count). The molecule has 2 N–H and O–H groups in total. The van der Waals surface area contributed by atoms with Crippen molar-refractivity contribution in [2.45, 2.75) is 38.5 Å². The van der Waals surface area contributed by atoms with E-state index in [0.717, 1.165) is 5.56 Å². The van der Waals surface area contributed by atoms with Gasteiger partial charge >= 0.3 is 11.9 Å². The van der Waals surface area contributed by atoms with E-state index >= 15 is 0 Å². The fraction of sp³-hybridized carbons (Fsp3) is 0.409. The van der Waals surface area contributed by atoms with E-state index in [-0.39, 0.29) is 40.5 Å². The number of rotatable bonds is 7. The molecule has 10 heteroatoms. The Balaban J connectivity index is 1.98. The lowest BCUT2D eigenvalue weighted by Crippen LogP contribution is -2.40. The van der Waals surface area contributed by atoms with Crippen LogP contribution in [0.2, 0.25) is 0 Å². The maximum Gasteiger partial charge on any atom is 0.337 e. The molecule has 0 saturated carbocycles. The zero-order valence-corrected chi connectivity index (χ0v) is 19.1. The summed E-state index contributed by atoms with van der Waals surface area (Å²) in [6.07, 6.45) is 2.53. The number of aromatic nitrogens is 1. The average molecular weight is 462 g/mol. The van der Waals surface area contributed by atoms with Crippen molar-refractivity contribution in [2.75, 3.05) is 29.3 Å². The van der Waals surface area contributed by atoms with E-state index in [0.29, 0.717) is 31.5 Å². The lowest BCUT2D eigenvalue weighted by molar-refractivity contribution is -0.148. The van der Waals surface area contributed by atoms with Crippen LogP contribution in [0.4, 0.5) is 11.5 Å². The van der Waals surface area contributed by atoms with Crippen LogP contribution in [0.3, 0.4) is 0 Å². The smallest absolute Gasteiger partial charge is 0.337 e. The van der Waals surface area contributed by atoms with Gasteiger partial charge in [-0.15, -0.1) is 0 Å². The van der Waals surface area contributed by atoms with Crippen LogP contribution in [0, 0.1) is 19.8 Å². The van der Waals surface area contributed by atoms with Crippen molar-refractivity contribution < 1.29 is 27.9 Å². The van der Waals surface area contributed by atoms with Gasteiger partial charge in [0.1, 0.15) is 0 Å². The molecular formula is C22H27N3O6S. The molecule has 0 radical (unpaired) electrons. The second-order valence-electron chi connectivity index (χ2n) is 7.81. The molecule has 1 atom stereocenters. The first kappa shape index (κ1) is 23.5. The third-order valence-electron chi connectivity index (χ3n) is 5.32. The number of hydrogen-bond donors (Lipinski definition) is 2. The molecule has 32 heavy (non-hydrogen) atoms. The molecular weight excluding hydrogens is 434 g/mol. The number of aromatic carboxylic acids is 1. The SMILES string of the molecule is CCOC(=O)[C@H]1CCCN(c2ncc(C(=O)O)cc2NS(=O)(=O)c2ccc(C)cc2C)C1. The molecule has 9 nitrogen and oxygen atoms in total. The Labute approximate surface area is 187 Å². The number of piperidine rings is 1. The van der Waals surface area contributed by atoms with Gasteiger partial charge < -0.3 is 14.7 Å². The normalized spacial score (nSPS) is 16.5. The first-order valence-corrected chi connectivity index (χ1v) is 11.9. The number of aryl methyl sites for hydroxylation is 2. The van der Waals surface area contributed by atoms with E-state index in [1.165, 1.54) is 18.3 Å². The molecule has 0 amide bonds. The van der Waals surface area contributed by atoms with Crippen molar-refractivity contribution >= 4 is 33.5 Å². The van der Waals surface area contributed by atoms with Crippen LogP contribution in [0.15, 0.2) is 35.4 Å². The molecule has 1 aliphatic rings. The van der Waals surface area contributed by atoms with Gasteiger partial charge in [-0.1, -0.05) is 17.7 Å². The maximum absolute atomic E-state index is 13.1. The summed E-state index contributed by atoms with van der Waals surface area (Å²) in [6, 6.07) is 6.22. The quantitative estimate of drug-likeness (QED) is 0.603. The number of benzene rings is 1. The zero-order valence-electron chi connectivity index (χ0n) is 18.3. The fourth-order valence-corrected chi connectivity index (χ4v) is 5.10. The molecule has 1 aromatic carbocycles. The summed E-state index contributed by atoms with van der Waals surface area (Å²) in [7, 11) is -4.00. The number of ether oxygens (including phenoxy) is 1. The summed E-state index contributed by atoms with van der Waals surface area (Å²) in [6.45, 7) is 6.44. The van der Waals surface area contributed by atoms with Crippen LogP contribution in [0.1, 0.15) is 41.3 Å². The highest BCUT2D eigenvalue weighted by molar-refractivity contribution is 7.92. The van der Waals surface area contributed by atoms with E-state index < -0.39 is 16.0 Å². The predicted octanol–water partition coefficient (Wildman–Crippen LogP) is 2.98. The molecule has 0 unspecified atom stereocenters. The van der Waals surface area contributed by atoms with E-state index in [9.17, 15) is 23.1 Å². The standard InChI is InChI=1S/C22H27N3O6S/c1-4-31-22(28)16-6-5-9-25(13-16)20-18(11-17(12-23-20)21(26)27)24-32(29,30)19-8-7-14(2)10-15(19)3/h7-8,10-12,16,24H,4-6,9,13H2,1-3H3,(H,26,27)/t16-/m0/s1. The second kappa shape index (κ2) is 9.56. The minimum Gasteiger partial charge on any atom is -0.478 e. The number of carboxylic acids is 1. The van der Waals surface area contributed by atoms with Gasteiger partial charge in [0.05, 0.1) is 28.7 Å². The van der Waals surface area contributed by atoms with Gasteiger partial charge in [-0.2, -0.15) is 0 Å². The van der Waals surface area contributed by atoms with Gasteiger partial charge in [-0.3, -0.25) is 9.52 Å². The third-order valence-corrected chi connectivity index (χ3v) is 6.84. The summed E-state index contributed by atoms with van der Waals surface area (Å²) in [5, 5.41) is 9.38. The number of carboxylic acid groups (broad SMARTS) is 1. The summed E-state index contributed by atoms with van der Waals surface area (Å²) >= 11 is 0. The van der Waals surface area contributed by atoms with Crippen molar-refractivity contribution in [3.8, 4) is 0 Å². The van der Waals surface area contributed by atoms with Crippen LogP contribution >= 0.6 is 0 Å². The molecule has 1 fully saturated rings. The Kier molecular flexibility index (Phi) is 7.02. The van der Waals surface area contributed by atoms with Gasteiger partial charge in [0.2, 0.25) is 0 Å². The van der Waals surface area contributed by atoms with E-state index in [1.54, 1.807) is 30.9 Å². The number of hydrogen-bond acceptors (Lipinski definition) is 7. The highest BCUT2D eigenvalue weighted by atomic mass is 32.2. The topological polar surface area (TPSA) is 126 Å². The molecule has 1 aliphatic heterocycles. The monoisotopic (exact) mass is 461 g/mol. The van der Waals surface area contributed by atoms with Crippen molar-refractivity contribution in [2.24, 2.45) is 5.92 Å². The number of pyridine rings is 1. The number of anilines is 2. The largest absolute Gasteiger partial charge is 0.478 e. The van der Waals surface area contributed by atoms with Crippen LogP contribution in [0.25, 0.3) is 0 Å². The maximum atomic E-state index is 13.1. The highest BCUT2D eigenvalue weighted by Crippen LogP contribution is 2.31. The second-order valence-corrected chi connectivity index (χ2v) is 9.46. The number of sulfonamides is 1. The van der Waals surface area contributed by atoms with Crippen LogP contribution in [0.5, 0.6) is 0 Å². The average Bonchev–Trinajstić information content (AvgIpc) is 2.73. The van der Waals surface area contributed by atoms with Crippen molar-refractivity contribution in [1.82, 2.24) is 4.98 Å². The van der Waals surface area contributed by atoms with Crippen LogP contribution in [-0.2, 0) is 19.6 Å². The Morgan fingerprint density at radius 2 is 2.03 bits per heavy atom. The minimum atomic E-state index is -4.00. The molecule has 2 aromatic rings. The van der Waals surface area contributed by atoms with Crippen molar-refractivity contribution in [3.05, 3.63) is 47.2 Å². The Bertz CT molecular complexity index is 1130. The highest BCUT2D eigenvalue weighted by Gasteiger charge is 2.30. The molecule has 1 aromatic heterocycles. The van der Waals surface area contributed by atoms with E-state index in [1.807, 2.05) is 6.92 Å². The van der Waals surface area contributed by atoms with Gasteiger partial charge in [0.25, 0.3) is 10.0 Å². The Hall–Kier alpha value is -3.14. The van der Waals surface area contributed by atoms with Crippen molar-refractivity contribution in [1.29, 1.82) is 0 Å². The summed E-state index contributed by atoms with van der Waals surface area (Å²) in [5.74, 6) is -1.62. The zero-order chi connectivity index (χ0) is 23.5. The fourth-order valence-electron chi connectivity index (χ4n) is 3.82. The molecule has 0 aliphatic carbocycles. The predicted molar refractivity (Wildman–Crippen MR) is 119 cm³/mol. The molecule has 0 spiro atoms. The third kappa shape index (κ3) is 5.18. The minimum absolute atomic E-state index is 0.0504. The number of esters is 1. The lowest BCUT2D eigenvalue weighted by Gasteiger charge is -2.33. The Morgan fingerprint density at radius 3 is 2.69 bits per heavy atom. The molecule has 2 heterocycles. The van der Waals surface area contributed by atoms with E-state index in [2.05, 4.69) is 9.71 Å². The number of carbonyl (C=O) groups is 2. The number of carbonyl (C=O) groups excluding carboxylic acids is 1. The van der Waals surface area contributed by atoms with Gasteiger partial charge in [0, 0.05) is 19.3 Å². The van der Waals surface area contributed by atoms with Crippen molar-refractivity contribution in [3.63, 3.8) is 0 Å². The van der Waals surface area contributed by atoms with Gasteiger partial charge in [-0.25, -0.2) is 18.2 Å². The first-order chi connectivity index (χ1) is 15.1. The number of nitrogens with one attached hydrogen (secondary N) is 1. The van der Waals surface area contributed by atoms with Gasteiger partial charge in [-0.05, 0) is 51.3 Å². The van der Waals surface area contributed by atoms with Crippen LogP contribution in [-0.4, -0.2) is 50.1 Å². The molecule has 172 valence electrons. The first-order valence-electron chi connectivity index (χ1n) is 10.4. The molecule has 0 bridgehead atoms. The van der Waals surface area contributed by atoms with E-state index in [4.69, 9.17) is 4.74 Å². The Morgan fingerprint density at radius 1 is 1.28 bits per heavy atom. The molecule has 1 saturated heterocycles. The van der Waals surface area contributed by atoms with Crippen LogP contribution < -0.4 is 9.62 Å². The summed E-state index contributed by atoms with van der Waals surface area (Å²) in [4.78, 5) is 29.8. The summed E-state index contributed by atoms with van der Waals surface area (Å²) < 4.78 is 33.9. The summed E-state index contributed by atoms with van der Waals surface area (Å²) in [5.41, 5.74) is 1.40. The van der Waals surface area contributed by atoms with Gasteiger partial charge in [0.15, 0.2) is 5.82 Å².